The van der Waals surface area contributed by atoms with Gasteiger partial charge in [0.05, 0.1) is 12.8 Å². The zero-order chi connectivity index (χ0) is 21.0. The van der Waals surface area contributed by atoms with Crippen LogP contribution in [-0.4, -0.2) is 19.6 Å². The Hall–Kier alpha value is -3.42. The lowest BCUT2D eigenvalue weighted by molar-refractivity contribution is -0.116. The van der Waals surface area contributed by atoms with Gasteiger partial charge in [0, 0.05) is 23.4 Å². The third kappa shape index (κ3) is 4.71. The Balaban J connectivity index is 1.76. The number of alkyl halides is 2. The average Bonchev–Trinajstić information content (AvgIpc) is 2.68. The fraction of sp³-hybridized carbons (Fsp3) is 0.238. The number of carbonyl (C=O) groups is 1. The van der Waals surface area contributed by atoms with E-state index in [-0.39, 0.29) is 24.3 Å². The number of hydrogen-bond acceptors (Lipinski definition) is 5. The van der Waals surface area contributed by atoms with E-state index in [9.17, 15) is 18.4 Å². The molecule has 0 fully saturated rings. The van der Waals surface area contributed by atoms with Crippen molar-refractivity contribution in [3.63, 3.8) is 0 Å². The summed E-state index contributed by atoms with van der Waals surface area (Å²) in [4.78, 5) is 24.6. The van der Waals surface area contributed by atoms with E-state index in [1.807, 2.05) is 0 Å². The molecule has 0 aliphatic carbocycles. The lowest BCUT2D eigenvalue weighted by Crippen LogP contribution is -2.17. The highest BCUT2D eigenvalue weighted by Crippen LogP contribution is 2.27. The van der Waals surface area contributed by atoms with Gasteiger partial charge < -0.3 is 19.2 Å². The smallest absolute Gasteiger partial charge is 0.387 e. The van der Waals surface area contributed by atoms with E-state index in [0.717, 1.165) is 5.39 Å². The summed E-state index contributed by atoms with van der Waals surface area (Å²) < 4.78 is 39.8. The fourth-order valence-corrected chi connectivity index (χ4v) is 3.01. The molecule has 1 heterocycles. The highest BCUT2D eigenvalue weighted by atomic mass is 19.3. The number of methoxy groups -OCH3 is 1. The summed E-state index contributed by atoms with van der Waals surface area (Å²) in [5, 5.41) is 3.28. The summed E-state index contributed by atoms with van der Waals surface area (Å²) in [5.74, 6) is -0.00741. The Morgan fingerprint density at radius 3 is 2.69 bits per heavy atom. The van der Waals surface area contributed by atoms with Crippen LogP contribution < -0.4 is 20.4 Å². The van der Waals surface area contributed by atoms with Gasteiger partial charge in [-0.25, -0.2) is 4.79 Å². The van der Waals surface area contributed by atoms with E-state index >= 15 is 0 Å². The van der Waals surface area contributed by atoms with Crippen molar-refractivity contribution >= 4 is 22.6 Å². The van der Waals surface area contributed by atoms with Crippen LogP contribution in [0.25, 0.3) is 11.0 Å². The predicted octanol–water partition coefficient (Wildman–Crippen LogP) is 4.28. The van der Waals surface area contributed by atoms with Crippen molar-refractivity contribution in [1.29, 1.82) is 0 Å². The monoisotopic (exact) mass is 403 g/mol. The van der Waals surface area contributed by atoms with Crippen LogP contribution in [-0.2, 0) is 11.2 Å². The average molecular weight is 403 g/mol. The number of amides is 1. The Kier molecular flexibility index (Phi) is 6.11. The van der Waals surface area contributed by atoms with Crippen molar-refractivity contribution in [1.82, 2.24) is 0 Å². The maximum atomic E-state index is 12.5. The molecule has 2 aromatic carbocycles. The molecule has 3 aromatic rings. The van der Waals surface area contributed by atoms with Crippen LogP contribution in [0, 0.1) is 6.92 Å². The molecule has 0 unspecified atom stereocenters. The number of rotatable bonds is 7. The number of para-hydroxylation sites is 2. The van der Waals surface area contributed by atoms with Crippen LogP contribution in [0.1, 0.15) is 17.5 Å². The van der Waals surface area contributed by atoms with Crippen LogP contribution >= 0.6 is 0 Å². The third-order valence-corrected chi connectivity index (χ3v) is 4.47. The molecule has 6 nitrogen and oxygen atoms in total. The molecule has 0 saturated heterocycles. The summed E-state index contributed by atoms with van der Waals surface area (Å²) in [7, 11) is 1.52. The first-order valence-electron chi connectivity index (χ1n) is 8.83. The zero-order valence-electron chi connectivity index (χ0n) is 15.8. The lowest BCUT2D eigenvalue weighted by atomic mass is 10.0. The second-order valence-corrected chi connectivity index (χ2v) is 6.28. The summed E-state index contributed by atoms with van der Waals surface area (Å²) in [6, 6.07) is 11.1. The molecule has 0 radical (unpaired) electrons. The molecule has 29 heavy (non-hydrogen) atoms. The maximum Gasteiger partial charge on any atom is 0.387 e. The molecular weight excluding hydrogens is 384 g/mol. The number of fused-ring (bicyclic) bond motifs is 1. The van der Waals surface area contributed by atoms with Gasteiger partial charge in [-0.05, 0) is 43.2 Å². The van der Waals surface area contributed by atoms with Gasteiger partial charge in [0.25, 0.3) is 0 Å². The van der Waals surface area contributed by atoms with Crippen LogP contribution in [0.2, 0.25) is 0 Å². The highest BCUT2D eigenvalue weighted by Gasteiger charge is 2.15. The van der Waals surface area contributed by atoms with Crippen molar-refractivity contribution in [3.05, 3.63) is 64.0 Å². The second-order valence-electron chi connectivity index (χ2n) is 6.28. The largest absolute Gasteiger partial charge is 0.497 e. The molecule has 1 aromatic heterocycles. The second kappa shape index (κ2) is 8.72. The number of hydrogen-bond donors (Lipinski definition) is 1. The molecule has 8 heteroatoms. The SMILES string of the molecule is COc1ccc2c(C)c(CCC(=O)Nc3ccccc3OC(F)F)c(=O)oc2c1. The summed E-state index contributed by atoms with van der Waals surface area (Å²) in [5.41, 5.74) is 1.10. The Labute approximate surface area is 165 Å². The van der Waals surface area contributed by atoms with Crippen LogP contribution in [0.5, 0.6) is 11.5 Å². The van der Waals surface area contributed by atoms with Crippen molar-refractivity contribution < 1.29 is 27.5 Å². The number of nitrogens with one attached hydrogen (secondary N) is 1. The van der Waals surface area contributed by atoms with Crippen molar-refractivity contribution in [2.45, 2.75) is 26.4 Å². The molecule has 1 N–H and O–H groups in total. The predicted molar refractivity (Wildman–Crippen MR) is 104 cm³/mol. The molecule has 0 aliphatic rings. The molecule has 0 aliphatic heterocycles. The fourth-order valence-electron chi connectivity index (χ4n) is 3.01. The van der Waals surface area contributed by atoms with E-state index in [1.165, 1.54) is 25.3 Å². The molecule has 0 bridgehead atoms. The number of anilines is 1. The standard InChI is InChI=1S/C21H19F2NO5/c1-12-14-8-7-13(27-2)11-18(14)28-20(26)15(12)9-10-19(25)24-16-5-3-4-6-17(16)29-21(22)23/h3-8,11,21H,9-10H2,1-2H3,(H,24,25). The summed E-state index contributed by atoms with van der Waals surface area (Å²) in [6.07, 6.45) is 0.107. The molecule has 0 saturated carbocycles. The molecule has 3 rings (SSSR count). The van der Waals surface area contributed by atoms with Gasteiger partial charge >= 0.3 is 12.2 Å². The quantitative estimate of drug-likeness (QED) is 0.596. The van der Waals surface area contributed by atoms with Crippen molar-refractivity contribution in [2.75, 3.05) is 12.4 Å². The molecular formula is C21H19F2NO5. The van der Waals surface area contributed by atoms with Crippen LogP contribution in [0.3, 0.4) is 0 Å². The van der Waals surface area contributed by atoms with E-state index in [2.05, 4.69) is 10.1 Å². The molecule has 0 atom stereocenters. The van der Waals surface area contributed by atoms with E-state index < -0.39 is 18.1 Å². The first-order valence-corrected chi connectivity index (χ1v) is 8.83. The minimum atomic E-state index is -3.00. The van der Waals surface area contributed by atoms with E-state index in [4.69, 9.17) is 9.15 Å². The molecule has 0 spiro atoms. The molecule has 152 valence electrons. The first kappa shape index (κ1) is 20.3. The van der Waals surface area contributed by atoms with Gasteiger partial charge in [-0.1, -0.05) is 12.1 Å². The highest BCUT2D eigenvalue weighted by molar-refractivity contribution is 5.92. The topological polar surface area (TPSA) is 77.8 Å². The van der Waals surface area contributed by atoms with Gasteiger partial charge in [-0.15, -0.1) is 0 Å². The third-order valence-electron chi connectivity index (χ3n) is 4.47. The van der Waals surface area contributed by atoms with Crippen molar-refractivity contribution in [3.8, 4) is 11.5 Å². The Morgan fingerprint density at radius 2 is 1.97 bits per heavy atom. The van der Waals surface area contributed by atoms with Gasteiger partial charge in [0.15, 0.2) is 0 Å². The van der Waals surface area contributed by atoms with Crippen molar-refractivity contribution in [2.24, 2.45) is 0 Å². The van der Waals surface area contributed by atoms with Gasteiger partial charge in [-0.3, -0.25) is 4.79 Å². The lowest BCUT2D eigenvalue weighted by Gasteiger charge is -2.12. The minimum absolute atomic E-state index is 0.0315. The normalized spacial score (nSPS) is 10.9. The van der Waals surface area contributed by atoms with Crippen LogP contribution in [0.15, 0.2) is 51.7 Å². The Morgan fingerprint density at radius 1 is 1.21 bits per heavy atom. The number of ether oxygens (including phenoxy) is 2. The van der Waals surface area contributed by atoms with E-state index in [0.29, 0.717) is 22.5 Å². The number of benzene rings is 2. The number of halogens is 2. The summed E-state index contributed by atoms with van der Waals surface area (Å²) >= 11 is 0. The maximum absolute atomic E-state index is 12.5. The Bertz CT molecular complexity index is 1090. The number of aryl methyl sites for hydroxylation is 1. The summed E-state index contributed by atoms with van der Waals surface area (Å²) in [6.45, 7) is -1.22. The van der Waals surface area contributed by atoms with E-state index in [1.54, 1.807) is 31.2 Å². The van der Waals surface area contributed by atoms with Gasteiger partial charge in [0.2, 0.25) is 5.91 Å². The van der Waals surface area contributed by atoms with Crippen LogP contribution in [0.4, 0.5) is 14.5 Å². The van der Waals surface area contributed by atoms with Gasteiger partial charge in [0.1, 0.15) is 17.1 Å². The first-order chi connectivity index (χ1) is 13.9. The van der Waals surface area contributed by atoms with Gasteiger partial charge in [-0.2, -0.15) is 8.78 Å². The minimum Gasteiger partial charge on any atom is -0.497 e. The zero-order valence-corrected chi connectivity index (χ0v) is 15.8. The molecule has 1 amide bonds. The number of carbonyl (C=O) groups excluding carboxylic acids is 1.